The summed E-state index contributed by atoms with van der Waals surface area (Å²) < 4.78 is 10.8. The molecule has 2 aromatic rings. The largest absolute Gasteiger partial charge is 0.489 e. The number of nitrogens with zero attached hydrogens (tertiary/aromatic N) is 1. The monoisotopic (exact) mass is 345 g/mol. The lowest BCUT2D eigenvalue weighted by molar-refractivity contribution is -0.122. The Morgan fingerprint density at radius 2 is 2.00 bits per heavy atom. The number of hydrogen-bond acceptors (Lipinski definition) is 5. The van der Waals surface area contributed by atoms with Gasteiger partial charge >= 0.3 is 0 Å². The number of nitrogens with one attached hydrogen (secondary N) is 2. The van der Waals surface area contributed by atoms with Gasteiger partial charge in [0.2, 0.25) is 5.91 Å². The lowest BCUT2D eigenvalue weighted by Crippen LogP contribution is -2.42. The molecule has 0 fully saturated rings. The molecule has 2 N–H and O–H groups in total. The molecule has 7 nitrogen and oxygen atoms in total. The van der Waals surface area contributed by atoms with Crippen LogP contribution in [-0.4, -0.2) is 17.0 Å². The van der Waals surface area contributed by atoms with E-state index in [1.54, 1.807) is 24.3 Å². The summed E-state index contributed by atoms with van der Waals surface area (Å²) in [6.07, 6.45) is 0.348. The first-order valence-electron chi connectivity index (χ1n) is 8.10. The number of aromatic nitrogens is 1. The number of aryl methyl sites for hydroxylation is 2. The zero-order chi connectivity index (χ0) is 18.4. The Hall–Kier alpha value is -2.83. The lowest BCUT2D eigenvalue weighted by Gasteiger charge is -2.10. The number of amides is 2. The van der Waals surface area contributed by atoms with Crippen LogP contribution in [0, 0.1) is 19.8 Å². The van der Waals surface area contributed by atoms with E-state index in [-0.39, 0.29) is 11.8 Å². The summed E-state index contributed by atoms with van der Waals surface area (Å²) in [4.78, 5) is 23.7. The maximum Gasteiger partial charge on any atom is 0.269 e. The van der Waals surface area contributed by atoms with E-state index in [1.165, 1.54) is 0 Å². The highest BCUT2D eigenvalue weighted by atomic mass is 16.5. The van der Waals surface area contributed by atoms with Crippen LogP contribution < -0.4 is 15.6 Å². The summed E-state index contributed by atoms with van der Waals surface area (Å²) in [7, 11) is 0. The van der Waals surface area contributed by atoms with Crippen LogP contribution in [0.4, 0.5) is 0 Å². The SMILES string of the molecule is Cc1noc(C)c1COc1cccc(C(=O)NNC(=O)CC(C)C)c1. The summed E-state index contributed by atoms with van der Waals surface area (Å²) in [6, 6.07) is 6.73. The molecule has 134 valence electrons. The predicted octanol–water partition coefficient (Wildman–Crippen LogP) is 2.68. The van der Waals surface area contributed by atoms with E-state index in [4.69, 9.17) is 9.26 Å². The maximum atomic E-state index is 12.1. The van der Waals surface area contributed by atoms with E-state index >= 15 is 0 Å². The average Bonchev–Trinajstić information content (AvgIpc) is 2.88. The van der Waals surface area contributed by atoms with Gasteiger partial charge in [0.1, 0.15) is 18.1 Å². The number of hydrazine groups is 1. The molecule has 1 aromatic heterocycles. The fourth-order valence-electron chi connectivity index (χ4n) is 2.21. The molecule has 0 aliphatic carbocycles. The van der Waals surface area contributed by atoms with Crippen molar-refractivity contribution in [1.29, 1.82) is 0 Å². The van der Waals surface area contributed by atoms with Gasteiger partial charge in [0, 0.05) is 12.0 Å². The fourth-order valence-corrected chi connectivity index (χ4v) is 2.21. The van der Waals surface area contributed by atoms with Crippen LogP contribution >= 0.6 is 0 Å². The molecular weight excluding hydrogens is 322 g/mol. The van der Waals surface area contributed by atoms with Gasteiger partial charge in [0.15, 0.2) is 0 Å². The van der Waals surface area contributed by atoms with E-state index < -0.39 is 5.91 Å². The Labute approximate surface area is 146 Å². The quantitative estimate of drug-likeness (QED) is 0.785. The Kier molecular flexibility index (Phi) is 6.16. The molecule has 0 saturated heterocycles. The van der Waals surface area contributed by atoms with Gasteiger partial charge in [-0.3, -0.25) is 20.4 Å². The number of hydrogen-bond donors (Lipinski definition) is 2. The molecule has 0 saturated carbocycles. The van der Waals surface area contributed by atoms with Crippen molar-refractivity contribution in [3.8, 4) is 5.75 Å². The van der Waals surface area contributed by atoms with Crippen molar-refractivity contribution in [3.63, 3.8) is 0 Å². The summed E-state index contributed by atoms with van der Waals surface area (Å²) >= 11 is 0. The molecule has 2 rings (SSSR count). The van der Waals surface area contributed by atoms with Crippen LogP contribution in [0.5, 0.6) is 5.75 Å². The van der Waals surface area contributed by atoms with Gasteiger partial charge < -0.3 is 9.26 Å². The molecule has 0 aliphatic heterocycles. The number of ether oxygens (including phenoxy) is 1. The van der Waals surface area contributed by atoms with Crippen LogP contribution in [-0.2, 0) is 11.4 Å². The van der Waals surface area contributed by atoms with Gasteiger partial charge in [-0.2, -0.15) is 0 Å². The van der Waals surface area contributed by atoms with Crippen molar-refractivity contribution < 1.29 is 18.8 Å². The predicted molar refractivity (Wildman–Crippen MR) is 91.8 cm³/mol. The van der Waals surface area contributed by atoms with Crippen molar-refractivity contribution in [2.45, 2.75) is 40.7 Å². The third-order valence-electron chi connectivity index (χ3n) is 3.57. The van der Waals surface area contributed by atoms with E-state index in [0.717, 1.165) is 11.3 Å². The summed E-state index contributed by atoms with van der Waals surface area (Å²) in [5.41, 5.74) is 6.85. The van der Waals surface area contributed by atoms with Gasteiger partial charge in [-0.15, -0.1) is 0 Å². The van der Waals surface area contributed by atoms with Crippen LogP contribution in [0.15, 0.2) is 28.8 Å². The lowest BCUT2D eigenvalue weighted by atomic mass is 10.1. The Balaban J connectivity index is 1.94. The standard InChI is InChI=1S/C18H23N3O4/c1-11(2)8-17(22)19-20-18(23)14-6-5-7-15(9-14)24-10-16-12(3)21-25-13(16)4/h5-7,9,11H,8,10H2,1-4H3,(H,19,22)(H,20,23). The van der Waals surface area contributed by atoms with E-state index in [1.807, 2.05) is 27.7 Å². The van der Waals surface area contributed by atoms with Gasteiger partial charge in [-0.25, -0.2) is 0 Å². The first-order valence-corrected chi connectivity index (χ1v) is 8.10. The van der Waals surface area contributed by atoms with E-state index in [0.29, 0.717) is 30.1 Å². The summed E-state index contributed by atoms with van der Waals surface area (Å²) in [5.74, 6) is 0.840. The maximum absolute atomic E-state index is 12.1. The molecule has 2 amide bonds. The highest BCUT2D eigenvalue weighted by Gasteiger charge is 2.12. The molecule has 0 unspecified atom stereocenters. The van der Waals surface area contributed by atoms with Gasteiger partial charge in [-0.05, 0) is 38.0 Å². The molecule has 1 aromatic carbocycles. The summed E-state index contributed by atoms with van der Waals surface area (Å²) in [6.45, 7) is 7.83. The normalized spacial score (nSPS) is 10.6. The molecule has 1 heterocycles. The van der Waals surface area contributed by atoms with Crippen LogP contribution in [0.25, 0.3) is 0 Å². The highest BCUT2D eigenvalue weighted by Crippen LogP contribution is 2.18. The van der Waals surface area contributed by atoms with Gasteiger partial charge in [-0.1, -0.05) is 25.1 Å². The third-order valence-corrected chi connectivity index (χ3v) is 3.57. The van der Waals surface area contributed by atoms with Crippen molar-refractivity contribution in [1.82, 2.24) is 16.0 Å². The van der Waals surface area contributed by atoms with Crippen molar-refractivity contribution >= 4 is 11.8 Å². The van der Waals surface area contributed by atoms with Crippen molar-refractivity contribution in [2.75, 3.05) is 0 Å². The number of benzene rings is 1. The minimum atomic E-state index is -0.403. The molecule has 0 radical (unpaired) electrons. The molecule has 7 heteroatoms. The second-order valence-electron chi connectivity index (χ2n) is 6.22. The summed E-state index contributed by atoms with van der Waals surface area (Å²) in [5, 5.41) is 3.88. The first kappa shape index (κ1) is 18.5. The molecule has 0 spiro atoms. The molecular formula is C18H23N3O4. The minimum absolute atomic E-state index is 0.220. The topological polar surface area (TPSA) is 93.5 Å². The molecule has 25 heavy (non-hydrogen) atoms. The average molecular weight is 345 g/mol. The Morgan fingerprint density at radius 3 is 2.64 bits per heavy atom. The van der Waals surface area contributed by atoms with Crippen LogP contribution in [0.3, 0.4) is 0 Å². The second-order valence-corrected chi connectivity index (χ2v) is 6.22. The van der Waals surface area contributed by atoms with E-state index in [9.17, 15) is 9.59 Å². The van der Waals surface area contributed by atoms with Crippen LogP contribution in [0.2, 0.25) is 0 Å². The Bertz CT molecular complexity index is 733. The van der Waals surface area contributed by atoms with E-state index in [2.05, 4.69) is 16.0 Å². The highest BCUT2D eigenvalue weighted by molar-refractivity contribution is 5.95. The fraction of sp³-hybridized carbons (Fsp3) is 0.389. The zero-order valence-corrected chi connectivity index (χ0v) is 14.9. The Morgan fingerprint density at radius 1 is 1.24 bits per heavy atom. The zero-order valence-electron chi connectivity index (χ0n) is 14.9. The minimum Gasteiger partial charge on any atom is -0.489 e. The molecule has 0 bridgehead atoms. The van der Waals surface area contributed by atoms with Crippen molar-refractivity contribution in [2.24, 2.45) is 5.92 Å². The molecule has 0 atom stereocenters. The third kappa shape index (κ3) is 5.34. The number of carbonyl (C=O) groups excluding carboxylic acids is 2. The number of carbonyl (C=O) groups is 2. The van der Waals surface area contributed by atoms with Crippen LogP contribution in [0.1, 0.15) is 47.6 Å². The number of rotatable bonds is 6. The van der Waals surface area contributed by atoms with Crippen molar-refractivity contribution in [3.05, 3.63) is 46.8 Å². The van der Waals surface area contributed by atoms with Gasteiger partial charge in [0.25, 0.3) is 5.91 Å². The van der Waals surface area contributed by atoms with Gasteiger partial charge in [0.05, 0.1) is 11.3 Å². The first-order chi connectivity index (χ1) is 11.9. The second kappa shape index (κ2) is 8.32. The molecule has 0 aliphatic rings. The smallest absolute Gasteiger partial charge is 0.269 e.